The molecule has 0 fully saturated rings. The lowest BCUT2D eigenvalue weighted by atomic mass is 9.79. The average molecular weight is 1030 g/mol. The van der Waals surface area contributed by atoms with E-state index in [4.69, 9.17) is 4.98 Å². The molecule has 12 aromatic carbocycles. The number of halogens is 1. The molecule has 0 N–H and O–H groups in total. The van der Waals surface area contributed by atoms with E-state index in [1.54, 1.807) is 6.07 Å². The van der Waals surface area contributed by atoms with E-state index in [9.17, 15) is 0 Å². The van der Waals surface area contributed by atoms with Gasteiger partial charge in [0.2, 0.25) is 0 Å². The summed E-state index contributed by atoms with van der Waals surface area (Å²) in [5, 5.41) is 5.75. The second-order valence-electron chi connectivity index (χ2n) is 22.7. The van der Waals surface area contributed by atoms with Crippen LogP contribution < -0.4 is 4.90 Å². The highest BCUT2D eigenvalue weighted by molar-refractivity contribution is 6.27. The number of para-hydroxylation sites is 1. The van der Waals surface area contributed by atoms with Crippen molar-refractivity contribution < 1.29 is 4.39 Å². The van der Waals surface area contributed by atoms with Crippen LogP contribution >= 0.6 is 0 Å². The second kappa shape index (κ2) is 18.2. The van der Waals surface area contributed by atoms with Gasteiger partial charge in [0.05, 0.1) is 11.2 Å². The van der Waals surface area contributed by atoms with Crippen molar-refractivity contribution in [2.45, 2.75) is 38.5 Å². The zero-order valence-corrected chi connectivity index (χ0v) is 45.1. The van der Waals surface area contributed by atoms with E-state index < -0.39 is 0 Å². The van der Waals surface area contributed by atoms with E-state index in [1.807, 2.05) is 79.0 Å². The molecule has 80 heavy (non-hydrogen) atoms. The van der Waals surface area contributed by atoms with Crippen molar-refractivity contribution in [3.05, 3.63) is 289 Å². The summed E-state index contributed by atoms with van der Waals surface area (Å²) in [6.07, 6.45) is 1.94. The van der Waals surface area contributed by atoms with Crippen molar-refractivity contribution in [2.24, 2.45) is 0 Å². The highest BCUT2D eigenvalue weighted by Gasteiger charge is 2.37. The van der Waals surface area contributed by atoms with Gasteiger partial charge >= 0.3 is 0 Å². The van der Waals surface area contributed by atoms with Gasteiger partial charge in [0.25, 0.3) is 0 Å². The van der Waals surface area contributed by atoms with Crippen molar-refractivity contribution in [3.63, 3.8) is 0 Å². The highest BCUT2D eigenvalue weighted by atomic mass is 19.1. The quantitative estimate of drug-likeness (QED) is 0.111. The average Bonchev–Trinajstić information content (AvgIpc) is 3.93. The van der Waals surface area contributed by atoms with Gasteiger partial charge in [-0.1, -0.05) is 222 Å². The van der Waals surface area contributed by atoms with Crippen LogP contribution in [0.15, 0.2) is 261 Å². The minimum absolute atomic E-state index is 0.182. The van der Waals surface area contributed by atoms with Crippen molar-refractivity contribution >= 4 is 49.5 Å². The predicted octanol–water partition coefficient (Wildman–Crippen LogP) is 21.1. The molecule has 0 aliphatic heterocycles. The van der Waals surface area contributed by atoms with E-state index in [-0.39, 0.29) is 16.6 Å². The van der Waals surface area contributed by atoms with E-state index in [0.717, 1.165) is 66.4 Å². The summed E-state index contributed by atoms with van der Waals surface area (Å²) in [6.45, 7) is 9.46. The van der Waals surface area contributed by atoms with Crippen LogP contribution in [0, 0.1) is 5.82 Å². The molecule has 15 rings (SSSR count). The number of benzene rings is 12. The van der Waals surface area contributed by atoms with E-state index >= 15 is 4.39 Å². The number of fused-ring (bicyclic) bond motifs is 10. The number of rotatable bonds is 8. The molecule has 0 atom stereocenters. The lowest BCUT2D eigenvalue weighted by molar-refractivity contribution is 0.630. The number of hydrogen-bond acceptors (Lipinski definition) is 2. The molecule has 2 nitrogen and oxygen atoms in total. The number of pyridine rings is 1. The van der Waals surface area contributed by atoms with Crippen molar-refractivity contribution in [3.8, 4) is 77.9 Å². The molecule has 1 heterocycles. The zero-order valence-electron chi connectivity index (χ0n) is 45.1. The van der Waals surface area contributed by atoms with Gasteiger partial charge in [0, 0.05) is 44.7 Å². The maximum Gasteiger partial charge on any atom is 0.148 e. The molecule has 0 saturated carbocycles. The Hall–Kier alpha value is -9.70. The third kappa shape index (κ3) is 7.34. The fraction of sp³-hybridized carbons (Fsp3) is 0.0779. The molecule has 3 heteroatoms. The summed E-state index contributed by atoms with van der Waals surface area (Å²) in [6, 6.07) is 90.8. The van der Waals surface area contributed by atoms with Crippen LogP contribution in [0.4, 0.5) is 21.5 Å². The third-order valence-electron chi connectivity index (χ3n) is 17.5. The van der Waals surface area contributed by atoms with Gasteiger partial charge < -0.3 is 4.90 Å². The summed E-state index contributed by atoms with van der Waals surface area (Å²) in [4.78, 5) is 7.29. The summed E-state index contributed by atoms with van der Waals surface area (Å²) >= 11 is 0. The Bertz CT molecular complexity index is 4630. The second-order valence-corrected chi connectivity index (χ2v) is 22.7. The van der Waals surface area contributed by atoms with Gasteiger partial charge in [0.15, 0.2) is 0 Å². The number of anilines is 3. The smallest absolute Gasteiger partial charge is 0.148 e. The molecule has 0 unspecified atom stereocenters. The van der Waals surface area contributed by atoms with Crippen LogP contribution in [0.25, 0.3) is 110 Å². The molecule has 13 aromatic rings. The fourth-order valence-electron chi connectivity index (χ4n) is 13.6. The summed E-state index contributed by atoms with van der Waals surface area (Å²) in [5.41, 5.74) is 23.8. The van der Waals surface area contributed by atoms with Crippen molar-refractivity contribution in [1.29, 1.82) is 0 Å². The molecule has 0 bridgehead atoms. The van der Waals surface area contributed by atoms with Gasteiger partial charge in [-0.25, -0.2) is 4.39 Å². The Balaban J connectivity index is 0.953. The first kappa shape index (κ1) is 47.5. The largest absolute Gasteiger partial charge is 0.307 e. The lowest BCUT2D eigenvalue weighted by Crippen LogP contribution is -2.15. The molecule has 1 aromatic heterocycles. The third-order valence-corrected chi connectivity index (χ3v) is 17.5. The maximum absolute atomic E-state index is 17.4. The predicted molar refractivity (Wildman–Crippen MR) is 334 cm³/mol. The minimum Gasteiger partial charge on any atom is -0.307 e. The van der Waals surface area contributed by atoms with Crippen LogP contribution in [0.1, 0.15) is 49.9 Å². The van der Waals surface area contributed by atoms with Crippen LogP contribution in [-0.2, 0) is 10.8 Å². The van der Waals surface area contributed by atoms with Crippen molar-refractivity contribution in [1.82, 2.24) is 4.98 Å². The fourth-order valence-corrected chi connectivity index (χ4v) is 13.6. The van der Waals surface area contributed by atoms with Gasteiger partial charge in [-0.15, -0.1) is 0 Å². The van der Waals surface area contributed by atoms with Crippen LogP contribution in [-0.4, -0.2) is 4.98 Å². The monoisotopic (exact) mass is 1030 g/mol. The van der Waals surface area contributed by atoms with Gasteiger partial charge in [-0.05, 0) is 171 Å². The number of nitrogens with zero attached hydrogens (tertiary/aromatic N) is 2. The normalized spacial score (nSPS) is 13.5. The highest BCUT2D eigenvalue weighted by Crippen LogP contribution is 2.55. The Kier molecular flexibility index (Phi) is 10.8. The van der Waals surface area contributed by atoms with Crippen molar-refractivity contribution in [2.75, 3.05) is 4.90 Å². The van der Waals surface area contributed by atoms with Gasteiger partial charge in [-0.2, -0.15) is 0 Å². The first-order valence-electron chi connectivity index (χ1n) is 27.8. The van der Waals surface area contributed by atoms with E-state index in [2.05, 4.69) is 209 Å². The Morgan fingerprint density at radius 1 is 0.338 bits per heavy atom. The molecule has 0 amide bonds. The summed E-state index contributed by atoms with van der Waals surface area (Å²) in [7, 11) is 0. The molecule has 0 spiro atoms. The van der Waals surface area contributed by atoms with Gasteiger partial charge in [0.1, 0.15) is 5.82 Å². The zero-order chi connectivity index (χ0) is 53.9. The van der Waals surface area contributed by atoms with Crippen LogP contribution in [0.2, 0.25) is 0 Å². The molecule has 2 aliphatic rings. The van der Waals surface area contributed by atoms with Crippen LogP contribution in [0.3, 0.4) is 0 Å². The molecule has 2 aliphatic carbocycles. The standard InChI is InChI=1S/C77H55FN2/c1-76(2)66-28-16-14-26-58(66)60-38-34-53(45-68(60)76)71-63-41-32-51-23-18-42-79-74(51)73(63)72(54-35-39-61-59-27-15-17-29-67(59)77(3,4)69(61)46-54)62-40-33-52(43-65(62)71)49-30-36-57(37-31-49)80(56-24-12-7-13-25-56)75-64(50-21-10-6-11-22-50)44-55(47-70(75)78)48-19-8-5-9-20-48/h5-47H,1-4H3. The molecule has 0 radical (unpaired) electrons. The SMILES string of the molecule is CC1(C)c2ccccc2-c2ccc(-c3c4cc(-c5ccc(N(c6ccccc6)c6c(F)cc(-c7ccccc7)cc6-c6ccccc6)cc5)ccc4c(-c4ccc5c(c4)C(C)(C)c4ccccc4-5)c4c3ccc3cccnc34)cc21. The molecular formula is C77H55FN2. The molecule has 0 saturated heterocycles. The Morgan fingerprint density at radius 3 is 1.50 bits per heavy atom. The summed E-state index contributed by atoms with van der Waals surface area (Å²) < 4.78 is 17.4. The minimum atomic E-state index is -0.304. The first-order chi connectivity index (χ1) is 39.1. The van der Waals surface area contributed by atoms with E-state index in [0.29, 0.717) is 5.69 Å². The van der Waals surface area contributed by atoms with Crippen LogP contribution in [0.5, 0.6) is 0 Å². The van der Waals surface area contributed by atoms with E-state index in [1.165, 1.54) is 77.5 Å². The topological polar surface area (TPSA) is 16.1 Å². The maximum atomic E-state index is 17.4. The number of aromatic nitrogens is 1. The molecule has 380 valence electrons. The lowest BCUT2D eigenvalue weighted by Gasteiger charge is -2.29. The Labute approximate surface area is 466 Å². The molecular weight excluding hydrogens is 972 g/mol. The number of hydrogen-bond donors (Lipinski definition) is 0. The Morgan fingerprint density at radius 2 is 0.850 bits per heavy atom. The first-order valence-corrected chi connectivity index (χ1v) is 27.8. The summed E-state index contributed by atoms with van der Waals surface area (Å²) in [5.74, 6) is -0.304. The van der Waals surface area contributed by atoms with Gasteiger partial charge in [-0.3, -0.25) is 4.98 Å².